The van der Waals surface area contributed by atoms with Crippen LogP contribution in [-0.2, 0) is 0 Å². The number of hydrogen-bond acceptors (Lipinski definition) is 2. The van der Waals surface area contributed by atoms with Crippen molar-refractivity contribution < 1.29 is 9.53 Å². The average molecular weight is 319 g/mol. The lowest BCUT2D eigenvalue weighted by atomic mass is 10.0. The Bertz CT molecular complexity index is 865. The third-order valence-corrected chi connectivity index (χ3v) is 3.88. The van der Waals surface area contributed by atoms with Crippen molar-refractivity contribution >= 4 is 22.4 Å². The third-order valence-electron chi connectivity index (χ3n) is 3.88. The highest BCUT2D eigenvalue weighted by molar-refractivity contribution is 6.13. The minimum atomic E-state index is -0.128. The maximum absolute atomic E-state index is 12.8. The summed E-state index contributed by atoms with van der Waals surface area (Å²) in [6.45, 7) is 4.69. The van der Waals surface area contributed by atoms with E-state index < -0.39 is 0 Å². The molecule has 0 atom stereocenters. The van der Waals surface area contributed by atoms with E-state index in [1.165, 1.54) is 0 Å². The predicted octanol–water partition coefficient (Wildman–Crippen LogP) is 5.19. The van der Waals surface area contributed by atoms with E-state index in [0.29, 0.717) is 23.6 Å². The molecule has 0 saturated heterocycles. The van der Waals surface area contributed by atoms with Gasteiger partial charge in [0, 0.05) is 5.56 Å². The molecule has 0 aliphatic heterocycles. The Morgan fingerprint density at radius 2 is 1.83 bits per heavy atom. The minimum absolute atomic E-state index is 0.128. The molecule has 0 aliphatic rings. The standard InChI is InChI=1S/C21H21NO2/c1-3-13-24-20-14-15(2)11-12-19(20)22-21(23)18-10-6-8-16-7-4-5-9-17(16)18/h4-12,14H,3,13H2,1-2H3,(H,22,23). The molecule has 3 rings (SSSR count). The molecular weight excluding hydrogens is 298 g/mol. The highest BCUT2D eigenvalue weighted by Crippen LogP contribution is 2.27. The van der Waals surface area contributed by atoms with Crippen LogP contribution in [0.5, 0.6) is 5.75 Å². The Hall–Kier alpha value is -2.81. The van der Waals surface area contributed by atoms with Gasteiger partial charge in [0.1, 0.15) is 5.75 Å². The predicted molar refractivity (Wildman–Crippen MR) is 98.9 cm³/mol. The van der Waals surface area contributed by atoms with Gasteiger partial charge in [-0.25, -0.2) is 0 Å². The van der Waals surface area contributed by atoms with Crippen molar-refractivity contribution in [1.82, 2.24) is 0 Å². The van der Waals surface area contributed by atoms with Crippen molar-refractivity contribution in [3.05, 3.63) is 71.8 Å². The molecule has 0 unspecified atom stereocenters. The molecule has 0 aromatic heterocycles. The van der Waals surface area contributed by atoms with E-state index in [2.05, 4.69) is 12.2 Å². The second-order valence-electron chi connectivity index (χ2n) is 5.83. The zero-order chi connectivity index (χ0) is 16.9. The number of anilines is 1. The van der Waals surface area contributed by atoms with E-state index >= 15 is 0 Å². The van der Waals surface area contributed by atoms with Crippen LogP contribution in [0.4, 0.5) is 5.69 Å². The molecule has 1 amide bonds. The van der Waals surface area contributed by atoms with E-state index in [-0.39, 0.29) is 5.91 Å². The lowest BCUT2D eigenvalue weighted by Crippen LogP contribution is -2.13. The lowest BCUT2D eigenvalue weighted by Gasteiger charge is -2.14. The molecule has 3 nitrogen and oxygen atoms in total. The Kier molecular flexibility index (Phi) is 4.80. The number of rotatable bonds is 5. The number of carbonyl (C=O) groups is 1. The second kappa shape index (κ2) is 7.18. The van der Waals surface area contributed by atoms with Crippen LogP contribution in [0.3, 0.4) is 0 Å². The first-order valence-corrected chi connectivity index (χ1v) is 8.21. The van der Waals surface area contributed by atoms with Crippen LogP contribution < -0.4 is 10.1 Å². The summed E-state index contributed by atoms with van der Waals surface area (Å²) in [5, 5.41) is 4.99. The summed E-state index contributed by atoms with van der Waals surface area (Å²) < 4.78 is 5.78. The van der Waals surface area contributed by atoms with E-state index in [0.717, 1.165) is 22.8 Å². The van der Waals surface area contributed by atoms with Crippen LogP contribution in [0.1, 0.15) is 29.3 Å². The highest BCUT2D eigenvalue weighted by atomic mass is 16.5. The number of nitrogens with one attached hydrogen (secondary N) is 1. The first-order valence-electron chi connectivity index (χ1n) is 8.21. The summed E-state index contributed by atoms with van der Waals surface area (Å²) in [5.41, 5.74) is 2.46. The maximum atomic E-state index is 12.8. The van der Waals surface area contributed by atoms with Gasteiger partial charge < -0.3 is 10.1 Å². The number of carbonyl (C=O) groups excluding carboxylic acids is 1. The van der Waals surface area contributed by atoms with Gasteiger partial charge in [0.2, 0.25) is 0 Å². The van der Waals surface area contributed by atoms with Crippen molar-refractivity contribution in [2.45, 2.75) is 20.3 Å². The van der Waals surface area contributed by atoms with Gasteiger partial charge in [-0.15, -0.1) is 0 Å². The molecule has 3 heteroatoms. The molecule has 0 saturated carbocycles. The summed E-state index contributed by atoms with van der Waals surface area (Å²) >= 11 is 0. The molecule has 1 N–H and O–H groups in total. The largest absolute Gasteiger partial charge is 0.491 e. The van der Waals surface area contributed by atoms with Crippen molar-refractivity contribution in [2.24, 2.45) is 0 Å². The van der Waals surface area contributed by atoms with Crippen LogP contribution in [0.15, 0.2) is 60.7 Å². The van der Waals surface area contributed by atoms with Crippen LogP contribution in [0, 0.1) is 6.92 Å². The molecule has 0 aliphatic carbocycles. The molecule has 0 bridgehead atoms. The van der Waals surface area contributed by atoms with Gasteiger partial charge in [-0.3, -0.25) is 4.79 Å². The highest BCUT2D eigenvalue weighted by Gasteiger charge is 2.13. The number of fused-ring (bicyclic) bond motifs is 1. The second-order valence-corrected chi connectivity index (χ2v) is 5.83. The van der Waals surface area contributed by atoms with Gasteiger partial charge in [0.25, 0.3) is 5.91 Å². The van der Waals surface area contributed by atoms with Crippen LogP contribution >= 0.6 is 0 Å². The Labute approximate surface area is 142 Å². The van der Waals surface area contributed by atoms with Crippen LogP contribution in [0.2, 0.25) is 0 Å². The van der Waals surface area contributed by atoms with Crippen LogP contribution in [0.25, 0.3) is 10.8 Å². The fourth-order valence-electron chi connectivity index (χ4n) is 2.68. The van der Waals surface area contributed by atoms with Gasteiger partial charge in [0.15, 0.2) is 0 Å². The van der Waals surface area contributed by atoms with E-state index in [4.69, 9.17) is 4.74 Å². The van der Waals surface area contributed by atoms with Crippen molar-refractivity contribution in [3.8, 4) is 5.75 Å². The quantitative estimate of drug-likeness (QED) is 0.703. The van der Waals surface area contributed by atoms with Crippen molar-refractivity contribution in [1.29, 1.82) is 0 Å². The molecule has 0 spiro atoms. The Morgan fingerprint density at radius 1 is 1.04 bits per heavy atom. The Balaban J connectivity index is 1.92. The number of amides is 1. The smallest absolute Gasteiger partial charge is 0.256 e. The Morgan fingerprint density at radius 3 is 2.67 bits per heavy atom. The topological polar surface area (TPSA) is 38.3 Å². The van der Waals surface area contributed by atoms with Gasteiger partial charge >= 0.3 is 0 Å². The van der Waals surface area contributed by atoms with E-state index in [1.807, 2.05) is 67.6 Å². The monoisotopic (exact) mass is 319 g/mol. The normalized spacial score (nSPS) is 10.6. The summed E-state index contributed by atoms with van der Waals surface area (Å²) in [6, 6.07) is 19.5. The van der Waals surface area contributed by atoms with Crippen molar-refractivity contribution in [3.63, 3.8) is 0 Å². The molecule has 0 fully saturated rings. The van der Waals surface area contributed by atoms with Crippen LogP contribution in [-0.4, -0.2) is 12.5 Å². The molecule has 122 valence electrons. The fourth-order valence-corrected chi connectivity index (χ4v) is 2.68. The zero-order valence-electron chi connectivity index (χ0n) is 14.0. The summed E-state index contributed by atoms with van der Waals surface area (Å²) in [5.74, 6) is 0.586. The molecule has 3 aromatic carbocycles. The fraction of sp³-hybridized carbons (Fsp3) is 0.190. The number of aryl methyl sites for hydroxylation is 1. The molecular formula is C21H21NO2. The van der Waals surface area contributed by atoms with Gasteiger partial charge in [0.05, 0.1) is 12.3 Å². The number of benzene rings is 3. The minimum Gasteiger partial charge on any atom is -0.491 e. The van der Waals surface area contributed by atoms with E-state index in [9.17, 15) is 4.79 Å². The first kappa shape index (κ1) is 16.1. The lowest BCUT2D eigenvalue weighted by molar-refractivity contribution is 0.102. The molecule has 0 heterocycles. The zero-order valence-corrected chi connectivity index (χ0v) is 14.0. The van der Waals surface area contributed by atoms with E-state index in [1.54, 1.807) is 0 Å². The number of hydrogen-bond donors (Lipinski definition) is 1. The molecule has 0 radical (unpaired) electrons. The van der Waals surface area contributed by atoms with Gasteiger partial charge in [-0.05, 0) is 47.9 Å². The summed E-state index contributed by atoms with van der Waals surface area (Å²) in [6.07, 6.45) is 0.921. The average Bonchev–Trinajstić information content (AvgIpc) is 2.61. The SMILES string of the molecule is CCCOc1cc(C)ccc1NC(=O)c1cccc2ccccc12. The third kappa shape index (κ3) is 3.40. The molecule has 24 heavy (non-hydrogen) atoms. The van der Waals surface area contributed by atoms with Gasteiger partial charge in [-0.2, -0.15) is 0 Å². The first-order chi connectivity index (χ1) is 11.7. The van der Waals surface area contributed by atoms with Gasteiger partial charge in [-0.1, -0.05) is 49.4 Å². The summed E-state index contributed by atoms with van der Waals surface area (Å²) in [7, 11) is 0. The number of ether oxygens (including phenoxy) is 1. The maximum Gasteiger partial charge on any atom is 0.256 e. The summed E-state index contributed by atoms with van der Waals surface area (Å²) in [4.78, 5) is 12.8. The van der Waals surface area contributed by atoms with Crippen molar-refractivity contribution in [2.75, 3.05) is 11.9 Å². The molecule has 3 aromatic rings.